The standard InChI is InChI=1S/C26H30O2.C23H24.C21H28.C20H18.C18H30O/c1-15(2)21-14-26-22(21)11-16(3)24(26)17(4)12-23(26)25(27)28-20-10-9-18-7-5-6-8-19(18)13-20;1-16-20(18-10-6-3-7-11-18)15-23-13-12-21(23)19(14-22(16)23)17-8-4-2-5-9-17;1-14-10-17(12-16-8-6-5-7-9-16)21-13-20(3,4)18(21)11-15(2)19(14)21;1-3-7-15(8-4-1)17-11-13-20-18(12-14-19(17)20)16-9-5-2-6-10-16;1-10(2)13-9-18-14(13)7-11(3)16(18)12(4)8-15(18)17(5,6)19/h5-11,13,15,17,21-24H,12,14H2,1-4H3;2-11,14,16,20-22H,12-13,15H2,1H3;5-9,11,14,17-19H,10,12-13H2,1-4H3;1-12,19-20H,13-14H2;7,10,12-16,19H,8-9H2,1-6H3/t;;;19-,20-;/m...0./s1. The molecule has 8 saturated carbocycles. The van der Waals surface area contributed by atoms with Crippen molar-refractivity contribution < 1.29 is 14.6 Å². The maximum atomic E-state index is 13.4. The Hall–Kier alpha value is -7.33. The van der Waals surface area contributed by atoms with Crippen LogP contribution in [0.15, 0.2) is 247 Å². The molecule has 4 spiro atoms. The van der Waals surface area contributed by atoms with Gasteiger partial charge >= 0.3 is 5.97 Å². The highest BCUT2D eigenvalue weighted by Crippen LogP contribution is 2.79. The SMILES string of the molecule is C1=C(c2ccccc2)[C@@H]2CC=C(c3ccccc3)[C@@H]2C1.CC1=CC2C(C(C)C)CC23C(C(=O)Oc2ccc4ccccc4c2)CC(C)C13.CC1=CC2C(C(C)C)CC23C1C(C)CC3C(C)(C)O.CC1=CC2C(C)(C)CC23C(Cc2ccccc2)CC(C)C13.CC1C(c2ccccc2)CC23CCC2C(c2ccccc2)=CC13. The minimum Gasteiger partial charge on any atom is -0.426 e. The first-order valence-electron chi connectivity index (χ1n) is 44.1. The Morgan fingerprint density at radius 1 is 0.514 bits per heavy atom. The van der Waals surface area contributed by atoms with Crippen molar-refractivity contribution >= 4 is 33.5 Å². The smallest absolute Gasteiger partial charge is 0.314 e. The van der Waals surface area contributed by atoms with Crippen LogP contribution in [-0.4, -0.2) is 16.7 Å². The van der Waals surface area contributed by atoms with Gasteiger partial charge in [0.15, 0.2) is 0 Å². The summed E-state index contributed by atoms with van der Waals surface area (Å²) in [6.45, 7) is 35.2. The molecule has 22 unspecified atom stereocenters. The van der Waals surface area contributed by atoms with Crippen LogP contribution in [0.3, 0.4) is 0 Å². The Morgan fingerprint density at radius 3 is 1.54 bits per heavy atom. The average molecular weight is 1480 g/mol. The van der Waals surface area contributed by atoms with E-state index in [2.05, 4.69) is 290 Å². The van der Waals surface area contributed by atoms with Gasteiger partial charge in [-0.1, -0.05) is 304 Å². The topological polar surface area (TPSA) is 46.5 Å². The first-order valence-corrected chi connectivity index (χ1v) is 44.1. The number of fused-ring (bicyclic) bond motifs is 2. The minimum atomic E-state index is -0.526. The highest BCUT2D eigenvalue weighted by atomic mass is 16.5. The number of ether oxygens (including phenoxy) is 1. The summed E-state index contributed by atoms with van der Waals surface area (Å²) >= 11 is 0. The van der Waals surface area contributed by atoms with Crippen molar-refractivity contribution in [2.75, 3.05) is 0 Å². The van der Waals surface area contributed by atoms with E-state index in [1.54, 1.807) is 33.4 Å². The number of hydrogen-bond donors (Lipinski definition) is 1. The van der Waals surface area contributed by atoms with E-state index < -0.39 is 5.60 Å². The number of esters is 1. The van der Waals surface area contributed by atoms with Gasteiger partial charge in [0.05, 0.1) is 11.5 Å². The zero-order valence-electron chi connectivity index (χ0n) is 69.9. The van der Waals surface area contributed by atoms with Gasteiger partial charge in [0.2, 0.25) is 0 Å². The van der Waals surface area contributed by atoms with Gasteiger partial charge in [0, 0.05) is 0 Å². The molecular weight excluding hydrogens is 1350 g/mol. The van der Waals surface area contributed by atoms with Crippen LogP contribution in [0.25, 0.3) is 27.5 Å². The lowest BCUT2D eigenvalue weighted by molar-refractivity contribution is -0.154. The van der Waals surface area contributed by atoms with Crippen LogP contribution in [0.5, 0.6) is 5.75 Å². The lowest BCUT2D eigenvalue weighted by Gasteiger charge is -2.61. The van der Waals surface area contributed by atoms with E-state index in [-0.39, 0.29) is 17.3 Å². The molecule has 14 aliphatic rings. The van der Waals surface area contributed by atoms with Crippen molar-refractivity contribution in [3.8, 4) is 5.75 Å². The van der Waals surface area contributed by atoms with E-state index >= 15 is 0 Å². The average Bonchev–Trinajstić information content (AvgIpc) is 1.52. The van der Waals surface area contributed by atoms with E-state index in [1.165, 1.54) is 104 Å². The van der Waals surface area contributed by atoms with Gasteiger partial charge in [-0.2, -0.15) is 0 Å². The van der Waals surface area contributed by atoms with E-state index in [4.69, 9.17) is 4.74 Å². The maximum absolute atomic E-state index is 13.4. The predicted molar refractivity (Wildman–Crippen MR) is 463 cm³/mol. The summed E-state index contributed by atoms with van der Waals surface area (Å²) < 4.78 is 5.98. The molecule has 0 bridgehead atoms. The van der Waals surface area contributed by atoms with Gasteiger partial charge in [-0.3, -0.25) is 4.79 Å². The molecule has 24 atom stereocenters. The Bertz CT molecular complexity index is 4690. The zero-order valence-corrected chi connectivity index (χ0v) is 69.9. The summed E-state index contributed by atoms with van der Waals surface area (Å²) in [4.78, 5) is 13.4. The molecule has 21 rings (SSSR count). The summed E-state index contributed by atoms with van der Waals surface area (Å²) in [6, 6.07) is 69.4. The monoisotopic (exact) mass is 1480 g/mol. The molecule has 8 fully saturated rings. The Labute approximate surface area is 668 Å². The highest BCUT2D eigenvalue weighted by molar-refractivity contribution is 5.86. The van der Waals surface area contributed by atoms with Crippen molar-refractivity contribution in [3.63, 3.8) is 0 Å². The second kappa shape index (κ2) is 29.2. The first kappa shape index (κ1) is 76.3. The molecule has 580 valence electrons. The van der Waals surface area contributed by atoms with Gasteiger partial charge in [0.1, 0.15) is 5.75 Å². The van der Waals surface area contributed by atoms with Crippen molar-refractivity contribution in [2.45, 2.75) is 192 Å². The summed E-state index contributed by atoms with van der Waals surface area (Å²) in [5, 5.41) is 13.0. The fourth-order valence-corrected chi connectivity index (χ4v) is 29.6. The molecule has 3 heteroatoms. The summed E-state index contributed by atoms with van der Waals surface area (Å²) in [5.41, 5.74) is 18.7. The molecule has 1 N–H and O–H groups in total. The number of carbonyl (C=O) groups excluding carboxylic acids is 1. The van der Waals surface area contributed by atoms with Gasteiger partial charge < -0.3 is 9.84 Å². The first-order chi connectivity index (χ1) is 53.3. The van der Waals surface area contributed by atoms with Gasteiger partial charge in [-0.15, -0.1) is 0 Å². The van der Waals surface area contributed by atoms with E-state index in [9.17, 15) is 9.90 Å². The van der Waals surface area contributed by atoms with Crippen LogP contribution in [0, 0.1) is 151 Å². The van der Waals surface area contributed by atoms with Crippen LogP contribution < -0.4 is 4.74 Å². The number of aliphatic hydroxyl groups is 1. The Morgan fingerprint density at radius 2 is 1.00 bits per heavy atom. The Balaban J connectivity index is 0.000000102. The number of carbonyl (C=O) groups is 1. The predicted octanol–water partition coefficient (Wildman–Crippen LogP) is 27.1. The van der Waals surface area contributed by atoms with E-state index in [0.29, 0.717) is 74.8 Å². The number of rotatable bonds is 11. The number of hydrogen-bond acceptors (Lipinski definition) is 3. The van der Waals surface area contributed by atoms with Gasteiger partial charge in [-0.05, 0) is 330 Å². The third kappa shape index (κ3) is 12.6. The second-order valence-corrected chi connectivity index (χ2v) is 40.8. The second-order valence-electron chi connectivity index (χ2n) is 40.8. The lowest BCUT2D eigenvalue weighted by atomic mass is 9.43. The van der Waals surface area contributed by atoms with Gasteiger partial charge in [0.25, 0.3) is 0 Å². The van der Waals surface area contributed by atoms with Crippen LogP contribution in [0.2, 0.25) is 0 Å². The van der Waals surface area contributed by atoms with Crippen molar-refractivity contribution in [2.24, 2.45) is 151 Å². The Kier molecular flexibility index (Phi) is 20.1. The van der Waals surface area contributed by atoms with Crippen LogP contribution in [-0.2, 0) is 11.2 Å². The largest absolute Gasteiger partial charge is 0.426 e. The lowest BCUT2D eigenvalue weighted by Crippen LogP contribution is -2.56. The normalized spacial score (nSPS) is 37.7. The van der Waals surface area contributed by atoms with E-state index in [1.807, 2.05) is 44.2 Å². The molecule has 0 aromatic heterocycles. The fourth-order valence-electron chi connectivity index (χ4n) is 29.6. The third-order valence-electron chi connectivity index (χ3n) is 33.6. The molecule has 0 amide bonds. The molecule has 0 aliphatic heterocycles. The molecule has 14 aliphatic carbocycles. The quantitative estimate of drug-likeness (QED) is 0.0798. The van der Waals surface area contributed by atoms with Crippen molar-refractivity contribution in [1.29, 1.82) is 0 Å². The maximum Gasteiger partial charge on any atom is 0.314 e. The molecule has 111 heavy (non-hydrogen) atoms. The van der Waals surface area contributed by atoms with Crippen LogP contribution in [0.4, 0.5) is 0 Å². The molecule has 3 nitrogen and oxygen atoms in total. The van der Waals surface area contributed by atoms with Gasteiger partial charge in [-0.25, -0.2) is 0 Å². The summed E-state index contributed by atoms with van der Waals surface area (Å²) in [5.74, 6) is 16.0. The molecule has 0 radical (unpaired) electrons. The molecule has 7 aromatic carbocycles. The van der Waals surface area contributed by atoms with Crippen LogP contribution in [0.1, 0.15) is 208 Å². The molecule has 0 saturated heterocycles. The molecule has 7 aromatic rings. The fraction of sp³-hybridized carbons (Fsp3) is 0.509. The third-order valence-corrected chi connectivity index (χ3v) is 33.6. The van der Waals surface area contributed by atoms with Crippen molar-refractivity contribution in [3.05, 3.63) is 275 Å². The van der Waals surface area contributed by atoms with Crippen LogP contribution >= 0.6 is 0 Å². The molecular formula is C108H130O3. The highest BCUT2D eigenvalue weighted by Gasteiger charge is 2.73. The van der Waals surface area contributed by atoms with E-state index in [0.717, 1.165) is 88.7 Å². The summed E-state index contributed by atoms with van der Waals surface area (Å²) in [7, 11) is 0. The zero-order chi connectivity index (χ0) is 77.4. The van der Waals surface area contributed by atoms with Crippen molar-refractivity contribution in [1.82, 2.24) is 0 Å². The number of benzene rings is 7. The summed E-state index contributed by atoms with van der Waals surface area (Å²) in [6.07, 6.45) is 30.8. The molecule has 0 heterocycles. The number of allylic oxidation sites excluding steroid dienone is 12. The minimum absolute atomic E-state index is 0.0139.